The van der Waals surface area contributed by atoms with Crippen LogP contribution >= 0.6 is 0 Å². The molecule has 0 spiro atoms. The lowest BCUT2D eigenvalue weighted by molar-refractivity contribution is 0.192. The molecule has 17 heavy (non-hydrogen) atoms. The molecule has 0 saturated heterocycles. The van der Waals surface area contributed by atoms with E-state index in [-0.39, 0.29) is 0 Å². The Morgan fingerprint density at radius 3 is 2.41 bits per heavy atom. The summed E-state index contributed by atoms with van der Waals surface area (Å²) in [4.78, 5) is 0. The van der Waals surface area contributed by atoms with Crippen LogP contribution in [0, 0.1) is 5.92 Å². The van der Waals surface area contributed by atoms with Gasteiger partial charge in [-0.25, -0.2) is 0 Å². The largest absolute Gasteiger partial charge is 0.385 e. The lowest BCUT2D eigenvalue weighted by Gasteiger charge is -2.23. The SMILES string of the molecule is COCCCCNC(c1ccccc1)C(C)C. The summed E-state index contributed by atoms with van der Waals surface area (Å²) >= 11 is 0. The molecule has 0 saturated carbocycles. The number of unbranched alkanes of at least 4 members (excludes halogenated alkanes) is 1. The smallest absolute Gasteiger partial charge is 0.0462 e. The Bertz CT molecular complexity index is 284. The van der Waals surface area contributed by atoms with Crippen LogP contribution < -0.4 is 5.32 Å². The Hall–Kier alpha value is -0.860. The van der Waals surface area contributed by atoms with Crippen molar-refractivity contribution in [1.82, 2.24) is 5.32 Å². The first-order chi connectivity index (χ1) is 8.25. The molecule has 0 aliphatic rings. The number of hydrogen-bond donors (Lipinski definition) is 1. The molecular weight excluding hydrogens is 210 g/mol. The fraction of sp³-hybridized carbons (Fsp3) is 0.600. The molecule has 0 heterocycles. The zero-order valence-corrected chi connectivity index (χ0v) is 11.3. The molecule has 0 aliphatic heterocycles. The van der Waals surface area contributed by atoms with E-state index in [9.17, 15) is 0 Å². The highest BCUT2D eigenvalue weighted by Gasteiger charge is 2.13. The summed E-state index contributed by atoms with van der Waals surface area (Å²) in [6.07, 6.45) is 2.30. The first kappa shape index (κ1) is 14.2. The zero-order valence-electron chi connectivity index (χ0n) is 11.3. The van der Waals surface area contributed by atoms with E-state index >= 15 is 0 Å². The van der Waals surface area contributed by atoms with Crippen LogP contribution in [0.4, 0.5) is 0 Å². The molecule has 0 fully saturated rings. The third kappa shape index (κ3) is 5.33. The monoisotopic (exact) mass is 235 g/mol. The molecule has 1 N–H and O–H groups in total. The first-order valence-electron chi connectivity index (χ1n) is 6.53. The van der Waals surface area contributed by atoms with Gasteiger partial charge in [0.05, 0.1) is 0 Å². The fourth-order valence-electron chi connectivity index (χ4n) is 2.03. The number of ether oxygens (including phenoxy) is 1. The van der Waals surface area contributed by atoms with Crippen molar-refractivity contribution < 1.29 is 4.74 Å². The van der Waals surface area contributed by atoms with E-state index in [1.807, 2.05) is 0 Å². The number of methoxy groups -OCH3 is 1. The molecule has 96 valence electrons. The van der Waals surface area contributed by atoms with E-state index < -0.39 is 0 Å². The van der Waals surface area contributed by atoms with Crippen molar-refractivity contribution in [2.45, 2.75) is 32.7 Å². The van der Waals surface area contributed by atoms with Gasteiger partial charge < -0.3 is 10.1 Å². The van der Waals surface area contributed by atoms with E-state index in [0.717, 1.165) is 19.6 Å². The van der Waals surface area contributed by atoms with Gasteiger partial charge in [0.25, 0.3) is 0 Å². The lowest BCUT2D eigenvalue weighted by Crippen LogP contribution is -2.26. The Kier molecular flexibility index (Phi) is 6.90. The molecule has 1 aromatic carbocycles. The zero-order chi connectivity index (χ0) is 12.5. The van der Waals surface area contributed by atoms with Gasteiger partial charge in [0.2, 0.25) is 0 Å². The third-order valence-electron chi connectivity index (χ3n) is 2.96. The van der Waals surface area contributed by atoms with Crippen LogP contribution in [0.5, 0.6) is 0 Å². The van der Waals surface area contributed by atoms with Gasteiger partial charge in [-0.15, -0.1) is 0 Å². The van der Waals surface area contributed by atoms with Crippen LogP contribution in [0.2, 0.25) is 0 Å². The topological polar surface area (TPSA) is 21.3 Å². The van der Waals surface area contributed by atoms with E-state index in [2.05, 4.69) is 49.5 Å². The van der Waals surface area contributed by atoms with Gasteiger partial charge in [-0.05, 0) is 30.9 Å². The normalized spacial score (nSPS) is 12.9. The van der Waals surface area contributed by atoms with Gasteiger partial charge in [-0.2, -0.15) is 0 Å². The summed E-state index contributed by atoms with van der Waals surface area (Å²) < 4.78 is 5.05. The predicted molar refractivity (Wildman–Crippen MR) is 73.1 cm³/mol. The van der Waals surface area contributed by atoms with Crippen molar-refractivity contribution in [2.24, 2.45) is 5.92 Å². The molecule has 2 heteroatoms. The second-order valence-electron chi connectivity index (χ2n) is 4.79. The van der Waals surface area contributed by atoms with Gasteiger partial charge in [0, 0.05) is 19.8 Å². The maximum Gasteiger partial charge on any atom is 0.0462 e. The Morgan fingerprint density at radius 2 is 1.82 bits per heavy atom. The Labute approximate surface area is 105 Å². The highest BCUT2D eigenvalue weighted by molar-refractivity contribution is 5.19. The Balaban J connectivity index is 2.40. The predicted octanol–water partition coefficient (Wildman–Crippen LogP) is 3.40. The van der Waals surface area contributed by atoms with Crippen molar-refractivity contribution in [3.05, 3.63) is 35.9 Å². The van der Waals surface area contributed by atoms with Gasteiger partial charge >= 0.3 is 0 Å². The quantitative estimate of drug-likeness (QED) is 0.697. The van der Waals surface area contributed by atoms with E-state index in [0.29, 0.717) is 12.0 Å². The summed E-state index contributed by atoms with van der Waals surface area (Å²) in [5, 5.41) is 3.64. The molecule has 0 aromatic heterocycles. The summed E-state index contributed by atoms with van der Waals surface area (Å²) in [6, 6.07) is 11.1. The van der Waals surface area contributed by atoms with Crippen LogP contribution in [-0.2, 0) is 4.74 Å². The van der Waals surface area contributed by atoms with E-state index in [1.54, 1.807) is 7.11 Å². The molecule has 0 bridgehead atoms. The van der Waals surface area contributed by atoms with Crippen LogP contribution in [0.1, 0.15) is 38.3 Å². The highest BCUT2D eigenvalue weighted by atomic mass is 16.5. The molecule has 1 atom stereocenters. The van der Waals surface area contributed by atoms with E-state index in [4.69, 9.17) is 4.74 Å². The van der Waals surface area contributed by atoms with Gasteiger partial charge in [-0.1, -0.05) is 44.2 Å². The van der Waals surface area contributed by atoms with Crippen LogP contribution in [0.25, 0.3) is 0 Å². The van der Waals surface area contributed by atoms with Gasteiger partial charge in [0.1, 0.15) is 0 Å². The molecule has 1 aromatic rings. The second-order valence-corrected chi connectivity index (χ2v) is 4.79. The van der Waals surface area contributed by atoms with Crippen molar-refractivity contribution in [1.29, 1.82) is 0 Å². The molecular formula is C15H25NO. The fourth-order valence-corrected chi connectivity index (χ4v) is 2.03. The summed E-state index contributed by atoms with van der Waals surface area (Å²) in [6.45, 7) is 6.44. The van der Waals surface area contributed by atoms with Gasteiger partial charge in [0.15, 0.2) is 0 Å². The minimum atomic E-state index is 0.457. The molecule has 1 unspecified atom stereocenters. The number of nitrogens with one attached hydrogen (secondary N) is 1. The summed E-state index contributed by atoms with van der Waals surface area (Å²) in [7, 11) is 1.76. The van der Waals surface area contributed by atoms with Crippen molar-refractivity contribution >= 4 is 0 Å². The summed E-state index contributed by atoms with van der Waals surface area (Å²) in [5.74, 6) is 0.611. The standard InChI is InChI=1S/C15H25NO/c1-13(2)15(14-9-5-4-6-10-14)16-11-7-8-12-17-3/h4-6,9-10,13,15-16H,7-8,11-12H2,1-3H3. The van der Waals surface area contributed by atoms with Crippen molar-refractivity contribution in [3.63, 3.8) is 0 Å². The van der Waals surface area contributed by atoms with Crippen molar-refractivity contribution in [3.8, 4) is 0 Å². The maximum absolute atomic E-state index is 5.05. The second kappa shape index (κ2) is 8.26. The van der Waals surface area contributed by atoms with Crippen LogP contribution in [-0.4, -0.2) is 20.3 Å². The molecule has 0 radical (unpaired) electrons. The Morgan fingerprint density at radius 1 is 1.12 bits per heavy atom. The van der Waals surface area contributed by atoms with Gasteiger partial charge in [-0.3, -0.25) is 0 Å². The summed E-state index contributed by atoms with van der Waals surface area (Å²) in [5.41, 5.74) is 1.38. The molecule has 0 aliphatic carbocycles. The van der Waals surface area contributed by atoms with Crippen molar-refractivity contribution in [2.75, 3.05) is 20.3 Å². The van der Waals surface area contributed by atoms with Crippen LogP contribution in [0.3, 0.4) is 0 Å². The minimum Gasteiger partial charge on any atom is -0.385 e. The number of benzene rings is 1. The molecule has 0 amide bonds. The molecule has 2 nitrogen and oxygen atoms in total. The molecule has 1 rings (SSSR count). The average molecular weight is 235 g/mol. The van der Waals surface area contributed by atoms with Crippen LogP contribution in [0.15, 0.2) is 30.3 Å². The first-order valence-corrected chi connectivity index (χ1v) is 6.53. The number of rotatable bonds is 8. The average Bonchev–Trinajstić information content (AvgIpc) is 2.34. The maximum atomic E-state index is 5.05. The minimum absolute atomic E-state index is 0.457. The van der Waals surface area contributed by atoms with E-state index in [1.165, 1.54) is 12.0 Å². The lowest BCUT2D eigenvalue weighted by atomic mass is 9.96. The highest BCUT2D eigenvalue weighted by Crippen LogP contribution is 2.21. The number of hydrogen-bond acceptors (Lipinski definition) is 2. The third-order valence-corrected chi connectivity index (χ3v) is 2.96.